The normalized spacial score (nSPS) is 23.7. The maximum atomic E-state index is 12.4. The Morgan fingerprint density at radius 2 is 2.25 bits per heavy atom. The molecule has 2 aliphatic rings. The summed E-state index contributed by atoms with van der Waals surface area (Å²) in [5.41, 5.74) is 0. The third-order valence-corrected chi connectivity index (χ3v) is 3.93. The fourth-order valence-corrected chi connectivity index (χ4v) is 2.57. The van der Waals surface area contributed by atoms with Crippen molar-refractivity contribution in [2.75, 3.05) is 19.7 Å². The first kappa shape index (κ1) is 13.5. The summed E-state index contributed by atoms with van der Waals surface area (Å²) in [7, 11) is 1.87. The Bertz CT molecular complexity index is 495. The third-order valence-electron chi connectivity index (χ3n) is 3.93. The Hall–Kier alpha value is -1.43. The second-order valence-corrected chi connectivity index (χ2v) is 5.84. The van der Waals surface area contributed by atoms with Gasteiger partial charge in [0.25, 0.3) is 0 Å². The monoisotopic (exact) mass is 278 g/mol. The van der Waals surface area contributed by atoms with Crippen LogP contribution in [0.4, 0.5) is 0 Å². The number of hydrogen-bond acceptors (Lipinski definition) is 4. The smallest absolute Gasteiger partial charge is 0.230 e. The van der Waals surface area contributed by atoms with Gasteiger partial charge >= 0.3 is 0 Å². The van der Waals surface area contributed by atoms with Crippen molar-refractivity contribution in [3.63, 3.8) is 0 Å². The minimum Gasteiger partial charge on any atom is -0.377 e. The summed E-state index contributed by atoms with van der Waals surface area (Å²) in [5, 5.41) is 4.41. The molecule has 2 heterocycles. The van der Waals surface area contributed by atoms with Crippen molar-refractivity contribution in [3.8, 4) is 0 Å². The van der Waals surface area contributed by atoms with Crippen molar-refractivity contribution in [3.05, 3.63) is 11.6 Å². The van der Waals surface area contributed by atoms with Crippen LogP contribution in [0, 0.1) is 0 Å². The highest BCUT2D eigenvalue weighted by Crippen LogP contribution is 2.38. The van der Waals surface area contributed by atoms with Crippen LogP contribution in [-0.2, 0) is 23.0 Å². The van der Waals surface area contributed by atoms with Gasteiger partial charge in [-0.1, -0.05) is 0 Å². The van der Waals surface area contributed by atoms with Crippen LogP contribution in [0.2, 0.25) is 0 Å². The predicted octanol–water partition coefficient (Wildman–Crippen LogP) is 0.872. The van der Waals surface area contributed by atoms with Gasteiger partial charge in [-0.2, -0.15) is 5.10 Å². The van der Waals surface area contributed by atoms with Crippen LogP contribution in [0.15, 0.2) is 0 Å². The highest BCUT2D eigenvalue weighted by molar-refractivity contribution is 5.78. The van der Waals surface area contributed by atoms with Gasteiger partial charge < -0.3 is 9.64 Å². The fraction of sp³-hybridized carbons (Fsp3) is 0.786. The van der Waals surface area contributed by atoms with Crippen LogP contribution in [-0.4, -0.2) is 51.4 Å². The molecule has 110 valence electrons. The van der Waals surface area contributed by atoms with E-state index in [9.17, 15) is 4.79 Å². The average Bonchev–Trinajstić information content (AvgIpc) is 3.20. The van der Waals surface area contributed by atoms with E-state index in [-0.39, 0.29) is 12.0 Å². The molecule has 1 aromatic rings. The first-order valence-corrected chi connectivity index (χ1v) is 7.42. The van der Waals surface area contributed by atoms with Crippen LogP contribution in [0.1, 0.15) is 43.8 Å². The number of aromatic nitrogens is 3. The molecule has 0 bridgehead atoms. The molecule has 1 unspecified atom stereocenters. The Labute approximate surface area is 119 Å². The van der Waals surface area contributed by atoms with E-state index in [1.807, 2.05) is 18.9 Å². The molecule has 6 heteroatoms. The highest BCUT2D eigenvalue weighted by Gasteiger charge is 2.29. The molecule has 20 heavy (non-hydrogen) atoms. The summed E-state index contributed by atoms with van der Waals surface area (Å²) in [5.74, 6) is 2.33. The maximum Gasteiger partial charge on any atom is 0.230 e. The second kappa shape index (κ2) is 5.52. The molecule has 0 N–H and O–H groups in total. The average molecular weight is 278 g/mol. The molecule has 1 aromatic heterocycles. The lowest BCUT2D eigenvalue weighted by molar-refractivity contribution is -0.131. The summed E-state index contributed by atoms with van der Waals surface area (Å²) in [6, 6.07) is 0. The maximum absolute atomic E-state index is 12.4. The SMILES string of the molecule is CC1CN(C(=O)Cc2nc(C3CC3)nn2C)CCCO1. The van der Waals surface area contributed by atoms with Crippen molar-refractivity contribution in [1.82, 2.24) is 19.7 Å². The lowest BCUT2D eigenvalue weighted by Crippen LogP contribution is -2.37. The van der Waals surface area contributed by atoms with Crippen molar-refractivity contribution in [1.29, 1.82) is 0 Å². The molecule has 3 rings (SSSR count). The largest absolute Gasteiger partial charge is 0.377 e. The van der Waals surface area contributed by atoms with Gasteiger partial charge in [-0.3, -0.25) is 9.48 Å². The van der Waals surface area contributed by atoms with Crippen LogP contribution < -0.4 is 0 Å². The minimum absolute atomic E-state index is 0.114. The minimum atomic E-state index is 0.114. The lowest BCUT2D eigenvalue weighted by Gasteiger charge is -2.21. The number of amides is 1. The van der Waals surface area contributed by atoms with E-state index in [0.29, 0.717) is 18.9 Å². The lowest BCUT2D eigenvalue weighted by atomic mass is 10.3. The van der Waals surface area contributed by atoms with Crippen LogP contribution >= 0.6 is 0 Å². The molecule has 2 fully saturated rings. The van der Waals surface area contributed by atoms with E-state index in [1.165, 1.54) is 12.8 Å². The molecule has 0 aromatic carbocycles. The molecule has 1 saturated heterocycles. The Morgan fingerprint density at radius 1 is 1.45 bits per heavy atom. The number of ether oxygens (including phenoxy) is 1. The quantitative estimate of drug-likeness (QED) is 0.823. The predicted molar refractivity (Wildman–Crippen MR) is 73.3 cm³/mol. The van der Waals surface area contributed by atoms with E-state index < -0.39 is 0 Å². The van der Waals surface area contributed by atoms with Crippen molar-refractivity contribution >= 4 is 5.91 Å². The molecule has 1 atom stereocenters. The topological polar surface area (TPSA) is 60.2 Å². The summed E-state index contributed by atoms with van der Waals surface area (Å²) in [6.07, 6.45) is 3.71. The summed E-state index contributed by atoms with van der Waals surface area (Å²) in [6.45, 7) is 4.20. The van der Waals surface area contributed by atoms with E-state index in [0.717, 1.165) is 31.2 Å². The number of nitrogens with zero attached hydrogens (tertiary/aromatic N) is 4. The molecule has 6 nitrogen and oxygen atoms in total. The highest BCUT2D eigenvalue weighted by atomic mass is 16.5. The third kappa shape index (κ3) is 3.00. The standard InChI is InChI=1S/C14H22N4O2/c1-10-9-18(6-3-7-20-10)13(19)8-12-15-14(11-4-5-11)16-17(12)2/h10-11H,3-9H2,1-2H3. The zero-order chi connectivity index (χ0) is 14.1. The number of aryl methyl sites for hydroxylation is 1. The van der Waals surface area contributed by atoms with Gasteiger partial charge in [0.2, 0.25) is 5.91 Å². The van der Waals surface area contributed by atoms with Crippen LogP contribution in [0.5, 0.6) is 0 Å². The number of rotatable bonds is 3. The molecular weight excluding hydrogens is 256 g/mol. The molecule has 1 aliphatic carbocycles. The number of carbonyl (C=O) groups is 1. The van der Waals surface area contributed by atoms with Gasteiger partial charge in [0, 0.05) is 32.7 Å². The molecule has 0 radical (unpaired) electrons. The number of hydrogen-bond donors (Lipinski definition) is 0. The van der Waals surface area contributed by atoms with Crippen molar-refractivity contribution in [2.45, 2.75) is 44.6 Å². The van der Waals surface area contributed by atoms with Gasteiger partial charge in [-0.25, -0.2) is 4.98 Å². The van der Waals surface area contributed by atoms with E-state index in [2.05, 4.69) is 10.1 Å². The zero-order valence-electron chi connectivity index (χ0n) is 12.2. The molecular formula is C14H22N4O2. The van der Waals surface area contributed by atoms with Gasteiger partial charge in [-0.05, 0) is 26.2 Å². The van der Waals surface area contributed by atoms with E-state index in [4.69, 9.17) is 4.74 Å². The summed E-state index contributed by atoms with van der Waals surface area (Å²) < 4.78 is 7.33. The van der Waals surface area contributed by atoms with Crippen LogP contribution in [0.3, 0.4) is 0 Å². The zero-order valence-corrected chi connectivity index (χ0v) is 12.2. The first-order chi connectivity index (χ1) is 9.63. The Morgan fingerprint density at radius 3 is 3.00 bits per heavy atom. The molecule has 1 amide bonds. The first-order valence-electron chi connectivity index (χ1n) is 7.42. The molecule has 0 spiro atoms. The van der Waals surface area contributed by atoms with E-state index >= 15 is 0 Å². The number of carbonyl (C=O) groups excluding carboxylic acids is 1. The molecule has 1 saturated carbocycles. The fourth-order valence-electron chi connectivity index (χ4n) is 2.57. The van der Waals surface area contributed by atoms with Crippen LogP contribution in [0.25, 0.3) is 0 Å². The Kier molecular flexibility index (Phi) is 3.74. The summed E-state index contributed by atoms with van der Waals surface area (Å²) >= 11 is 0. The van der Waals surface area contributed by atoms with E-state index in [1.54, 1.807) is 4.68 Å². The van der Waals surface area contributed by atoms with Gasteiger partial charge in [0.15, 0.2) is 5.82 Å². The Balaban J connectivity index is 1.65. The van der Waals surface area contributed by atoms with Crippen molar-refractivity contribution < 1.29 is 9.53 Å². The molecule has 1 aliphatic heterocycles. The van der Waals surface area contributed by atoms with Gasteiger partial charge in [0.1, 0.15) is 5.82 Å². The van der Waals surface area contributed by atoms with Crippen molar-refractivity contribution in [2.24, 2.45) is 7.05 Å². The van der Waals surface area contributed by atoms with Gasteiger partial charge in [-0.15, -0.1) is 0 Å². The second-order valence-electron chi connectivity index (χ2n) is 5.84. The van der Waals surface area contributed by atoms with Gasteiger partial charge in [0.05, 0.1) is 12.5 Å². The summed E-state index contributed by atoms with van der Waals surface area (Å²) in [4.78, 5) is 18.8.